The van der Waals surface area contributed by atoms with Crippen molar-refractivity contribution in [2.75, 3.05) is 43.6 Å². The first-order valence-corrected chi connectivity index (χ1v) is 14.9. The van der Waals surface area contributed by atoms with E-state index in [1.807, 2.05) is 35.2 Å². The van der Waals surface area contributed by atoms with Gasteiger partial charge in [0.2, 0.25) is 5.88 Å². The van der Waals surface area contributed by atoms with Crippen molar-refractivity contribution in [2.45, 2.75) is 57.6 Å². The highest BCUT2D eigenvalue weighted by atomic mass is 16.5. The number of aromatic nitrogens is 2. The molecular formula is C32H36N6O4. The van der Waals surface area contributed by atoms with E-state index >= 15 is 0 Å². The molecule has 10 nitrogen and oxygen atoms in total. The number of methoxy groups -OCH3 is 1. The van der Waals surface area contributed by atoms with Crippen molar-refractivity contribution >= 4 is 28.9 Å². The van der Waals surface area contributed by atoms with E-state index in [1.165, 1.54) is 5.56 Å². The Morgan fingerprint density at radius 2 is 1.86 bits per heavy atom. The standard InChI is InChI=1S/C32H36N6O4/c1-20-14-25(16-22-17-27(35-31(20)22)28-4-3-13-41-28)42-30-18-29(33-19-34-30)37-10-8-23(9-11-37)38-12-7-21-15-24(40-2)5-6-26(21)36-32(38)39/h5-6,14-16,18-19,23,28H,3-4,7-13,17H2,1-2H3,(H,36,39)/t28-/m0/s1. The number of rotatable bonds is 6. The van der Waals surface area contributed by atoms with Gasteiger partial charge in [0.05, 0.1) is 24.6 Å². The molecule has 2 amide bonds. The van der Waals surface area contributed by atoms with Crippen LogP contribution in [0.3, 0.4) is 0 Å². The predicted molar refractivity (Wildman–Crippen MR) is 161 cm³/mol. The molecule has 4 aliphatic heterocycles. The number of nitrogens with one attached hydrogen (secondary N) is 1. The fourth-order valence-corrected chi connectivity index (χ4v) is 6.56. The normalized spacial score (nSPS) is 20.5. The molecule has 2 saturated heterocycles. The lowest BCUT2D eigenvalue weighted by atomic mass is 10.0. The molecule has 1 aromatic heterocycles. The minimum Gasteiger partial charge on any atom is -0.497 e. The molecule has 0 bridgehead atoms. The van der Waals surface area contributed by atoms with Crippen molar-refractivity contribution in [3.8, 4) is 17.4 Å². The quantitative estimate of drug-likeness (QED) is 0.422. The summed E-state index contributed by atoms with van der Waals surface area (Å²) in [6.07, 6.45) is 7.17. The largest absolute Gasteiger partial charge is 0.497 e. The number of carbonyl (C=O) groups excluding carboxylic acids is 1. The van der Waals surface area contributed by atoms with Crippen molar-refractivity contribution in [3.05, 3.63) is 59.4 Å². The van der Waals surface area contributed by atoms with Crippen molar-refractivity contribution < 1.29 is 19.0 Å². The van der Waals surface area contributed by atoms with Crippen LogP contribution in [0.15, 0.2) is 47.7 Å². The Morgan fingerprint density at radius 3 is 2.67 bits per heavy atom. The van der Waals surface area contributed by atoms with Gasteiger partial charge in [0.1, 0.15) is 23.6 Å². The van der Waals surface area contributed by atoms with Gasteiger partial charge >= 0.3 is 6.03 Å². The molecule has 3 aromatic rings. The number of ether oxygens (including phenoxy) is 3. The Kier molecular flexibility index (Phi) is 7.15. The molecule has 2 aromatic carbocycles. The molecule has 218 valence electrons. The molecule has 0 saturated carbocycles. The average molecular weight is 569 g/mol. The number of nitrogens with zero attached hydrogens (tertiary/aromatic N) is 5. The van der Waals surface area contributed by atoms with Crippen LogP contribution in [0.1, 0.15) is 42.4 Å². The van der Waals surface area contributed by atoms with Crippen LogP contribution >= 0.6 is 0 Å². The van der Waals surface area contributed by atoms with Crippen LogP contribution in [0.2, 0.25) is 0 Å². The van der Waals surface area contributed by atoms with Gasteiger partial charge < -0.3 is 29.3 Å². The van der Waals surface area contributed by atoms with Crippen LogP contribution in [-0.4, -0.2) is 72.1 Å². The maximum absolute atomic E-state index is 13.1. The van der Waals surface area contributed by atoms with Crippen LogP contribution in [0.5, 0.6) is 17.4 Å². The second-order valence-corrected chi connectivity index (χ2v) is 11.5. The van der Waals surface area contributed by atoms with Crippen LogP contribution in [0.25, 0.3) is 0 Å². The third-order valence-corrected chi connectivity index (χ3v) is 8.80. The van der Waals surface area contributed by atoms with Crippen molar-refractivity contribution in [1.82, 2.24) is 14.9 Å². The zero-order valence-electron chi connectivity index (χ0n) is 24.1. The van der Waals surface area contributed by atoms with E-state index in [1.54, 1.807) is 13.4 Å². The molecule has 1 N–H and O–H groups in total. The Labute approximate surface area is 245 Å². The molecule has 4 aliphatic rings. The Hall–Kier alpha value is -4.18. The first-order chi connectivity index (χ1) is 20.5. The van der Waals surface area contributed by atoms with Crippen LogP contribution < -0.4 is 19.7 Å². The molecular weight excluding hydrogens is 532 g/mol. The van der Waals surface area contributed by atoms with Crippen LogP contribution in [0, 0.1) is 6.92 Å². The van der Waals surface area contributed by atoms with E-state index in [2.05, 4.69) is 33.2 Å². The number of aryl methyl sites for hydroxylation is 1. The Bertz CT molecular complexity index is 1530. The van der Waals surface area contributed by atoms with Gasteiger partial charge in [-0.3, -0.25) is 4.99 Å². The van der Waals surface area contributed by atoms with E-state index in [4.69, 9.17) is 19.2 Å². The first-order valence-electron chi connectivity index (χ1n) is 14.9. The van der Waals surface area contributed by atoms with Crippen molar-refractivity contribution in [3.63, 3.8) is 0 Å². The van der Waals surface area contributed by atoms with Gasteiger partial charge in [0.25, 0.3) is 0 Å². The average Bonchev–Trinajstić information content (AvgIpc) is 3.66. The summed E-state index contributed by atoms with van der Waals surface area (Å²) in [5.74, 6) is 2.91. The van der Waals surface area contributed by atoms with E-state index in [-0.39, 0.29) is 18.2 Å². The highest BCUT2D eigenvalue weighted by Crippen LogP contribution is 2.38. The van der Waals surface area contributed by atoms with E-state index in [0.717, 1.165) is 104 Å². The highest BCUT2D eigenvalue weighted by molar-refractivity contribution is 5.98. The first kappa shape index (κ1) is 26.7. The minimum absolute atomic E-state index is 0.0342. The van der Waals surface area contributed by atoms with E-state index in [9.17, 15) is 4.79 Å². The summed E-state index contributed by atoms with van der Waals surface area (Å²) in [6.45, 7) is 5.17. The van der Waals surface area contributed by atoms with Crippen molar-refractivity contribution in [1.29, 1.82) is 0 Å². The molecule has 2 fully saturated rings. The summed E-state index contributed by atoms with van der Waals surface area (Å²) in [5.41, 5.74) is 6.39. The van der Waals surface area contributed by atoms with Crippen LogP contribution in [0.4, 0.5) is 22.0 Å². The van der Waals surface area contributed by atoms with Gasteiger partial charge in [0.15, 0.2) is 0 Å². The van der Waals surface area contributed by atoms with Crippen molar-refractivity contribution in [2.24, 2.45) is 4.99 Å². The summed E-state index contributed by atoms with van der Waals surface area (Å²) in [4.78, 5) is 31.2. The third-order valence-electron chi connectivity index (χ3n) is 8.80. The van der Waals surface area contributed by atoms with Gasteiger partial charge in [-0.2, -0.15) is 0 Å². The summed E-state index contributed by atoms with van der Waals surface area (Å²) < 4.78 is 17.5. The summed E-state index contributed by atoms with van der Waals surface area (Å²) >= 11 is 0. The zero-order valence-corrected chi connectivity index (χ0v) is 24.1. The minimum atomic E-state index is -0.0342. The van der Waals surface area contributed by atoms with Gasteiger partial charge in [-0.05, 0) is 86.1 Å². The van der Waals surface area contributed by atoms with Gasteiger partial charge in [-0.25, -0.2) is 14.8 Å². The number of anilines is 2. The topological polar surface area (TPSA) is 101 Å². The number of hydrogen-bond donors (Lipinski definition) is 1. The zero-order chi connectivity index (χ0) is 28.6. The molecule has 1 atom stereocenters. The summed E-state index contributed by atoms with van der Waals surface area (Å²) in [7, 11) is 1.66. The molecule has 0 radical (unpaired) electrons. The number of aliphatic imine (C=N–C) groups is 1. The molecule has 5 heterocycles. The number of piperidine rings is 1. The van der Waals surface area contributed by atoms with Gasteiger partial charge in [0, 0.05) is 50.5 Å². The lowest BCUT2D eigenvalue weighted by Gasteiger charge is -2.38. The number of urea groups is 1. The number of hydrogen-bond acceptors (Lipinski definition) is 8. The highest BCUT2D eigenvalue weighted by Gasteiger charge is 2.31. The lowest BCUT2D eigenvalue weighted by Crippen LogP contribution is -2.49. The SMILES string of the molecule is COc1ccc2c(c1)CCN(C1CCN(c3cc(Oc4cc(C)c5c(c4)CC([C@@H]4CCCO4)=N5)ncn3)CC1)C(=O)N2. The molecule has 0 spiro atoms. The maximum Gasteiger partial charge on any atom is 0.322 e. The molecule has 42 heavy (non-hydrogen) atoms. The predicted octanol–water partition coefficient (Wildman–Crippen LogP) is 5.45. The van der Waals surface area contributed by atoms with Gasteiger partial charge in [-0.1, -0.05) is 0 Å². The Morgan fingerprint density at radius 1 is 1.00 bits per heavy atom. The van der Waals surface area contributed by atoms with Crippen LogP contribution in [-0.2, 0) is 17.6 Å². The second kappa shape index (κ2) is 11.2. The lowest BCUT2D eigenvalue weighted by molar-refractivity contribution is 0.157. The van der Waals surface area contributed by atoms with E-state index < -0.39 is 0 Å². The number of amides is 2. The smallest absolute Gasteiger partial charge is 0.322 e. The van der Waals surface area contributed by atoms with E-state index in [0.29, 0.717) is 12.4 Å². The fraction of sp³-hybridized carbons (Fsp3) is 0.438. The molecule has 0 unspecified atom stereocenters. The Balaban J connectivity index is 0.980. The number of carbonyl (C=O) groups is 1. The maximum atomic E-state index is 13.1. The molecule has 10 heteroatoms. The third kappa shape index (κ3) is 5.27. The molecule has 0 aliphatic carbocycles. The summed E-state index contributed by atoms with van der Waals surface area (Å²) in [6, 6.07) is 12.0. The second-order valence-electron chi connectivity index (χ2n) is 11.5. The van der Waals surface area contributed by atoms with Gasteiger partial charge in [-0.15, -0.1) is 0 Å². The number of benzene rings is 2. The summed E-state index contributed by atoms with van der Waals surface area (Å²) in [5, 5.41) is 3.10. The fourth-order valence-electron chi connectivity index (χ4n) is 6.56. The molecule has 7 rings (SSSR count). The number of fused-ring (bicyclic) bond motifs is 2. The monoisotopic (exact) mass is 568 g/mol.